The van der Waals surface area contributed by atoms with Crippen molar-refractivity contribution >= 4 is 22.8 Å². The molecule has 0 aliphatic heterocycles. The van der Waals surface area contributed by atoms with Crippen LogP contribution in [0.2, 0.25) is 0 Å². The number of ether oxygens (including phenoxy) is 1. The van der Waals surface area contributed by atoms with Crippen molar-refractivity contribution in [1.82, 2.24) is 10.3 Å². The Morgan fingerprint density at radius 2 is 1.93 bits per heavy atom. The minimum Gasteiger partial charge on any atom is -0.452 e. The summed E-state index contributed by atoms with van der Waals surface area (Å²) in [7, 11) is 0. The SMILES string of the molecule is Cc1ccc2nc3c(c(C(=O)OCC(=O)NCc4ccccc4F)c2c1)CCCC3. The summed E-state index contributed by atoms with van der Waals surface area (Å²) in [5.74, 6) is -1.39. The molecule has 154 valence electrons. The van der Waals surface area contributed by atoms with Crippen molar-refractivity contribution in [1.29, 1.82) is 0 Å². The Hall–Kier alpha value is -3.28. The first-order valence-electron chi connectivity index (χ1n) is 10.1. The van der Waals surface area contributed by atoms with E-state index in [0.29, 0.717) is 11.1 Å². The molecule has 1 aromatic heterocycles. The maximum Gasteiger partial charge on any atom is 0.339 e. The van der Waals surface area contributed by atoms with Gasteiger partial charge in [0.25, 0.3) is 5.91 Å². The fourth-order valence-electron chi connectivity index (χ4n) is 3.86. The van der Waals surface area contributed by atoms with Crippen molar-refractivity contribution in [2.24, 2.45) is 0 Å². The van der Waals surface area contributed by atoms with Gasteiger partial charge >= 0.3 is 5.97 Å². The Kier molecular flexibility index (Phi) is 5.74. The summed E-state index contributed by atoms with van der Waals surface area (Å²) in [6.45, 7) is 1.58. The van der Waals surface area contributed by atoms with Crippen LogP contribution in [0.4, 0.5) is 4.39 Å². The Morgan fingerprint density at radius 1 is 1.13 bits per heavy atom. The molecule has 0 spiro atoms. The number of aromatic nitrogens is 1. The zero-order chi connectivity index (χ0) is 21.1. The number of halogens is 1. The van der Waals surface area contributed by atoms with Crippen LogP contribution in [0, 0.1) is 12.7 Å². The summed E-state index contributed by atoms with van der Waals surface area (Å²) < 4.78 is 19.0. The van der Waals surface area contributed by atoms with Gasteiger partial charge < -0.3 is 10.1 Å². The topological polar surface area (TPSA) is 68.3 Å². The molecule has 0 saturated carbocycles. The molecular weight excluding hydrogens is 383 g/mol. The molecule has 0 unspecified atom stereocenters. The zero-order valence-electron chi connectivity index (χ0n) is 16.8. The molecule has 2 aromatic carbocycles. The lowest BCUT2D eigenvalue weighted by molar-refractivity contribution is -0.124. The van der Waals surface area contributed by atoms with Crippen LogP contribution in [0.3, 0.4) is 0 Å². The van der Waals surface area contributed by atoms with Crippen molar-refractivity contribution < 1.29 is 18.7 Å². The standard InChI is InChI=1S/C24H23FN2O3/c1-15-10-11-21-18(12-15)23(17-7-3-5-9-20(17)27-21)24(29)30-14-22(28)26-13-16-6-2-4-8-19(16)25/h2,4,6,8,10-12H,3,5,7,9,13-14H2,1H3,(H,26,28). The first kappa shape index (κ1) is 20.0. The molecular formula is C24H23FN2O3. The largest absolute Gasteiger partial charge is 0.452 e. The quantitative estimate of drug-likeness (QED) is 0.650. The van der Waals surface area contributed by atoms with Crippen LogP contribution < -0.4 is 5.32 Å². The van der Waals surface area contributed by atoms with Gasteiger partial charge in [-0.3, -0.25) is 9.78 Å². The molecule has 1 aliphatic rings. The van der Waals surface area contributed by atoms with Crippen LogP contribution in [0.25, 0.3) is 10.9 Å². The van der Waals surface area contributed by atoms with Gasteiger partial charge in [0.05, 0.1) is 11.1 Å². The molecule has 4 rings (SSSR count). The van der Waals surface area contributed by atoms with Gasteiger partial charge in [-0.25, -0.2) is 9.18 Å². The fourth-order valence-corrected chi connectivity index (χ4v) is 3.86. The van der Waals surface area contributed by atoms with Crippen LogP contribution in [-0.4, -0.2) is 23.5 Å². The van der Waals surface area contributed by atoms with E-state index in [4.69, 9.17) is 9.72 Å². The van der Waals surface area contributed by atoms with Crippen LogP contribution in [-0.2, 0) is 28.9 Å². The summed E-state index contributed by atoms with van der Waals surface area (Å²) in [4.78, 5) is 29.9. The highest BCUT2D eigenvalue weighted by molar-refractivity contribution is 6.05. The number of fused-ring (bicyclic) bond motifs is 2. The third-order valence-corrected chi connectivity index (χ3v) is 5.39. The molecule has 0 saturated heterocycles. The molecule has 0 bridgehead atoms. The maximum absolute atomic E-state index is 13.7. The zero-order valence-corrected chi connectivity index (χ0v) is 16.8. The predicted molar refractivity (Wildman–Crippen MR) is 112 cm³/mol. The van der Waals surface area contributed by atoms with Gasteiger partial charge in [0.1, 0.15) is 5.82 Å². The van der Waals surface area contributed by atoms with Crippen LogP contribution in [0.5, 0.6) is 0 Å². The van der Waals surface area contributed by atoms with Gasteiger partial charge in [0.15, 0.2) is 6.61 Å². The van der Waals surface area contributed by atoms with E-state index in [-0.39, 0.29) is 12.4 Å². The summed E-state index contributed by atoms with van der Waals surface area (Å²) >= 11 is 0. The van der Waals surface area contributed by atoms with Gasteiger partial charge in [-0.1, -0.05) is 29.8 Å². The lowest BCUT2D eigenvalue weighted by Crippen LogP contribution is -2.29. The number of amides is 1. The number of aryl methyl sites for hydroxylation is 2. The summed E-state index contributed by atoms with van der Waals surface area (Å²) in [5.41, 5.74) is 4.54. The van der Waals surface area contributed by atoms with Gasteiger partial charge in [0, 0.05) is 23.2 Å². The second-order valence-corrected chi connectivity index (χ2v) is 7.58. The molecule has 1 amide bonds. The number of pyridine rings is 1. The predicted octanol–water partition coefficient (Wildman–Crippen LogP) is 4.03. The van der Waals surface area contributed by atoms with E-state index in [1.165, 1.54) is 6.07 Å². The smallest absolute Gasteiger partial charge is 0.339 e. The number of carbonyl (C=O) groups excluding carboxylic acids is 2. The average molecular weight is 406 g/mol. The van der Waals surface area contributed by atoms with Crippen molar-refractivity contribution in [3.63, 3.8) is 0 Å². The Balaban J connectivity index is 1.51. The number of nitrogens with zero attached hydrogens (tertiary/aromatic N) is 1. The minimum absolute atomic E-state index is 0.0375. The van der Waals surface area contributed by atoms with Gasteiger partial charge in [0.2, 0.25) is 0 Å². The maximum atomic E-state index is 13.7. The minimum atomic E-state index is -0.521. The molecule has 30 heavy (non-hydrogen) atoms. The van der Waals surface area contributed by atoms with Crippen LogP contribution >= 0.6 is 0 Å². The van der Waals surface area contributed by atoms with E-state index in [0.717, 1.165) is 53.4 Å². The number of carbonyl (C=O) groups is 2. The van der Waals surface area contributed by atoms with E-state index in [2.05, 4.69) is 5.32 Å². The van der Waals surface area contributed by atoms with E-state index < -0.39 is 18.5 Å². The monoisotopic (exact) mass is 406 g/mol. The molecule has 0 radical (unpaired) electrons. The summed E-state index contributed by atoms with van der Waals surface area (Å²) in [6.07, 6.45) is 3.65. The normalized spacial score (nSPS) is 13.0. The summed E-state index contributed by atoms with van der Waals surface area (Å²) in [5, 5.41) is 3.34. The van der Waals surface area contributed by atoms with Crippen molar-refractivity contribution in [3.8, 4) is 0 Å². The van der Waals surface area contributed by atoms with E-state index in [1.807, 2.05) is 25.1 Å². The van der Waals surface area contributed by atoms with E-state index in [9.17, 15) is 14.0 Å². The number of hydrogen-bond donors (Lipinski definition) is 1. The molecule has 1 N–H and O–H groups in total. The molecule has 0 fully saturated rings. The third kappa shape index (κ3) is 4.17. The first-order valence-corrected chi connectivity index (χ1v) is 10.1. The van der Waals surface area contributed by atoms with Crippen LogP contribution in [0.1, 0.15) is 45.6 Å². The van der Waals surface area contributed by atoms with Crippen molar-refractivity contribution in [2.45, 2.75) is 39.2 Å². The number of nitrogens with one attached hydrogen (secondary N) is 1. The number of rotatable bonds is 5. The van der Waals surface area contributed by atoms with Gasteiger partial charge in [-0.15, -0.1) is 0 Å². The molecule has 1 aliphatic carbocycles. The highest BCUT2D eigenvalue weighted by atomic mass is 19.1. The molecule has 1 heterocycles. The number of esters is 1. The average Bonchev–Trinajstić information content (AvgIpc) is 2.75. The van der Waals surface area contributed by atoms with Crippen LogP contribution in [0.15, 0.2) is 42.5 Å². The third-order valence-electron chi connectivity index (χ3n) is 5.39. The van der Waals surface area contributed by atoms with Gasteiger partial charge in [-0.05, 0) is 56.4 Å². The molecule has 3 aromatic rings. The first-order chi connectivity index (χ1) is 14.5. The highest BCUT2D eigenvalue weighted by Crippen LogP contribution is 2.30. The summed E-state index contributed by atoms with van der Waals surface area (Å²) in [6, 6.07) is 12.0. The second-order valence-electron chi connectivity index (χ2n) is 7.58. The molecule has 0 atom stereocenters. The number of benzene rings is 2. The Bertz CT molecular complexity index is 1130. The highest BCUT2D eigenvalue weighted by Gasteiger charge is 2.24. The van der Waals surface area contributed by atoms with E-state index >= 15 is 0 Å². The molecule has 5 nitrogen and oxygen atoms in total. The van der Waals surface area contributed by atoms with Crippen molar-refractivity contribution in [3.05, 3.63) is 76.2 Å². The fraction of sp³-hybridized carbons (Fsp3) is 0.292. The van der Waals surface area contributed by atoms with Crippen molar-refractivity contribution in [2.75, 3.05) is 6.61 Å². The Morgan fingerprint density at radius 3 is 2.77 bits per heavy atom. The van der Waals surface area contributed by atoms with Gasteiger partial charge in [-0.2, -0.15) is 0 Å². The second kappa shape index (κ2) is 8.61. The van der Waals surface area contributed by atoms with E-state index in [1.54, 1.807) is 18.2 Å². The number of hydrogen-bond acceptors (Lipinski definition) is 4. The lowest BCUT2D eigenvalue weighted by atomic mass is 9.89. The lowest BCUT2D eigenvalue weighted by Gasteiger charge is -2.20. The Labute approximate surface area is 174 Å². The molecule has 6 heteroatoms.